The Morgan fingerprint density at radius 3 is 2.59 bits per heavy atom. The van der Waals surface area contributed by atoms with Gasteiger partial charge >= 0.3 is 0 Å². The molecule has 0 spiro atoms. The summed E-state index contributed by atoms with van der Waals surface area (Å²) in [5.74, 6) is 0.915. The van der Waals surface area contributed by atoms with Crippen molar-refractivity contribution in [3.05, 3.63) is 59.7 Å². The van der Waals surface area contributed by atoms with Crippen LogP contribution >= 0.6 is 11.8 Å². The number of benzene rings is 2. The molecule has 0 unspecified atom stereocenters. The normalized spacial score (nSPS) is 20.1. The molecule has 4 nitrogen and oxygen atoms in total. The van der Waals surface area contributed by atoms with Crippen LogP contribution in [0.5, 0.6) is 0 Å². The van der Waals surface area contributed by atoms with E-state index in [1.807, 2.05) is 41.3 Å². The van der Waals surface area contributed by atoms with Crippen molar-refractivity contribution in [2.75, 3.05) is 16.0 Å². The zero-order valence-corrected chi connectivity index (χ0v) is 17.7. The Kier molecular flexibility index (Phi) is 6.24. The van der Waals surface area contributed by atoms with E-state index in [4.69, 9.17) is 0 Å². The molecule has 29 heavy (non-hydrogen) atoms. The van der Waals surface area contributed by atoms with Crippen LogP contribution in [0.3, 0.4) is 0 Å². The number of anilines is 2. The molecule has 5 heteroatoms. The van der Waals surface area contributed by atoms with Crippen molar-refractivity contribution in [2.45, 2.75) is 50.8 Å². The van der Waals surface area contributed by atoms with Crippen LogP contribution in [0.1, 0.15) is 55.5 Å². The molecule has 2 amide bonds. The Hall–Kier alpha value is -2.27. The zero-order valence-electron chi connectivity index (χ0n) is 16.9. The van der Waals surface area contributed by atoms with Crippen molar-refractivity contribution in [2.24, 2.45) is 5.92 Å². The number of hydrogen-bond acceptors (Lipinski definition) is 3. The van der Waals surface area contributed by atoms with Crippen LogP contribution in [-0.4, -0.2) is 17.6 Å². The molecular formula is C24H28N2O2S. The third kappa shape index (κ3) is 4.50. The summed E-state index contributed by atoms with van der Waals surface area (Å²) in [5, 5.41) is 3.04. The molecule has 1 aliphatic heterocycles. The SMILES string of the molecule is CCc1cccc(N2C(=O)CS[C@@H]2c2ccc(NC(=O)C3CCCCC3)cc2)c1. The Morgan fingerprint density at radius 2 is 1.86 bits per heavy atom. The van der Waals surface area contributed by atoms with Crippen LogP contribution in [0.15, 0.2) is 48.5 Å². The molecule has 0 aromatic heterocycles. The minimum Gasteiger partial charge on any atom is -0.326 e. The smallest absolute Gasteiger partial charge is 0.238 e. The molecule has 0 bridgehead atoms. The highest BCUT2D eigenvalue weighted by molar-refractivity contribution is 8.00. The van der Waals surface area contributed by atoms with Gasteiger partial charge in [0.15, 0.2) is 0 Å². The Bertz CT molecular complexity index is 875. The second-order valence-corrected chi connectivity index (χ2v) is 8.97. The summed E-state index contributed by atoms with van der Waals surface area (Å²) in [6, 6.07) is 16.2. The van der Waals surface area contributed by atoms with E-state index in [-0.39, 0.29) is 23.1 Å². The maximum Gasteiger partial charge on any atom is 0.238 e. The zero-order chi connectivity index (χ0) is 20.2. The fraction of sp³-hybridized carbons (Fsp3) is 0.417. The number of carbonyl (C=O) groups excluding carboxylic acids is 2. The predicted molar refractivity (Wildman–Crippen MR) is 120 cm³/mol. The molecular weight excluding hydrogens is 380 g/mol. The van der Waals surface area contributed by atoms with Gasteiger partial charge in [-0.3, -0.25) is 14.5 Å². The van der Waals surface area contributed by atoms with Crippen molar-refractivity contribution in [3.63, 3.8) is 0 Å². The van der Waals surface area contributed by atoms with Crippen LogP contribution in [0.25, 0.3) is 0 Å². The van der Waals surface area contributed by atoms with Crippen LogP contribution in [0.2, 0.25) is 0 Å². The Labute approximate surface area is 177 Å². The average molecular weight is 409 g/mol. The number of aryl methyl sites for hydroxylation is 1. The summed E-state index contributed by atoms with van der Waals surface area (Å²) in [7, 11) is 0. The molecule has 2 fully saturated rings. The van der Waals surface area contributed by atoms with Crippen molar-refractivity contribution >= 4 is 35.0 Å². The maximum absolute atomic E-state index is 12.6. The Morgan fingerprint density at radius 1 is 1.10 bits per heavy atom. The van der Waals surface area contributed by atoms with E-state index in [2.05, 4.69) is 24.4 Å². The summed E-state index contributed by atoms with van der Waals surface area (Å²) in [6.07, 6.45) is 6.49. The highest BCUT2D eigenvalue weighted by atomic mass is 32.2. The summed E-state index contributed by atoms with van der Waals surface area (Å²) < 4.78 is 0. The van der Waals surface area contributed by atoms with Crippen LogP contribution in [-0.2, 0) is 16.0 Å². The molecule has 152 valence electrons. The summed E-state index contributed by atoms with van der Waals surface area (Å²) in [4.78, 5) is 27.0. The maximum atomic E-state index is 12.6. The number of amides is 2. The molecule has 2 aromatic rings. The van der Waals surface area contributed by atoms with E-state index in [1.54, 1.807) is 11.8 Å². The number of carbonyl (C=O) groups is 2. The van der Waals surface area contributed by atoms with Gasteiger partial charge in [0.1, 0.15) is 5.37 Å². The summed E-state index contributed by atoms with van der Waals surface area (Å²) >= 11 is 1.65. The lowest BCUT2D eigenvalue weighted by Crippen LogP contribution is -2.28. The molecule has 4 rings (SSSR count). The van der Waals surface area contributed by atoms with Crippen LogP contribution < -0.4 is 10.2 Å². The van der Waals surface area contributed by atoms with Gasteiger partial charge < -0.3 is 5.32 Å². The number of nitrogens with one attached hydrogen (secondary N) is 1. The first-order valence-electron chi connectivity index (χ1n) is 10.6. The van der Waals surface area contributed by atoms with Gasteiger partial charge in [-0.1, -0.05) is 50.5 Å². The number of hydrogen-bond donors (Lipinski definition) is 1. The molecule has 1 N–H and O–H groups in total. The van der Waals surface area contributed by atoms with Gasteiger partial charge in [-0.2, -0.15) is 0 Å². The topological polar surface area (TPSA) is 49.4 Å². The number of rotatable bonds is 5. The minimum atomic E-state index is -0.0299. The molecule has 1 heterocycles. The van der Waals surface area contributed by atoms with E-state index in [0.717, 1.165) is 49.0 Å². The van der Waals surface area contributed by atoms with Gasteiger partial charge in [0, 0.05) is 17.3 Å². The van der Waals surface area contributed by atoms with E-state index in [0.29, 0.717) is 5.75 Å². The average Bonchev–Trinajstić information content (AvgIpc) is 3.16. The standard InChI is InChI=1S/C24H28N2O2S/c1-2-17-7-6-10-21(15-17)26-22(27)16-29-24(26)19-11-13-20(14-12-19)25-23(28)18-8-4-3-5-9-18/h6-7,10-15,18,24H,2-5,8-9,16H2,1H3,(H,25,28)/t24-/m1/s1. The summed E-state index contributed by atoms with van der Waals surface area (Å²) in [6.45, 7) is 2.12. The highest BCUT2D eigenvalue weighted by Crippen LogP contribution is 2.42. The van der Waals surface area contributed by atoms with Crippen LogP contribution in [0.4, 0.5) is 11.4 Å². The molecule has 1 saturated heterocycles. The van der Waals surface area contributed by atoms with E-state index in [1.165, 1.54) is 12.0 Å². The fourth-order valence-electron chi connectivity index (χ4n) is 4.22. The third-order valence-electron chi connectivity index (χ3n) is 5.90. The monoisotopic (exact) mass is 408 g/mol. The largest absolute Gasteiger partial charge is 0.326 e. The molecule has 1 saturated carbocycles. The minimum absolute atomic E-state index is 0.0299. The molecule has 1 aliphatic carbocycles. The fourth-order valence-corrected chi connectivity index (χ4v) is 5.39. The van der Waals surface area contributed by atoms with Gasteiger partial charge in [-0.15, -0.1) is 11.8 Å². The lowest BCUT2D eigenvalue weighted by atomic mass is 9.88. The van der Waals surface area contributed by atoms with Crippen LogP contribution in [0, 0.1) is 5.92 Å². The second-order valence-electron chi connectivity index (χ2n) is 7.90. The van der Waals surface area contributed by atoms with E-state index >= 15 is 0 Å². The van der Waals surface area contributed by atoms with Crippen molar-refractivity contribution in [3.8, 4) is 0 Å². The van der Waals surface area contributed by atoms with E-state index < -0.39 is 0 Å². The van der Waals surface area contributed by atoms with Crippen molar-refractivity contribution < 1.29 is 9.59 Å². The first-order chi connectivity index (χ1) is 14.2. The first-order valence-corrected chi connectivity index (χ1v) is 11.6. The van der Waals surface area contributed by atoms with Gasteiger partial charge in [0.25, 0.3) is 0 Å². The first kappa shape index (κ1) is 20.0. The lowest BCUT2D eigenvalue weighted by Gasteiger charge is -2.25. The lowest BCUT2D eigenvalue weighted by molar-refractivity contribution is -0.120. The van der Waals surface area contributed by atoms with E-state index in [9.17, 15) is 9.59 Å². The van der Waals surface area contributed by atoms with Crippen molar-refractivity contribution in [1.29, 1.82) is 0 Å². The second kappa shape index (κ2) is 9.04. The van der Waals surface area contributed by atoms with Gasteiger partial charge in [0.05, 0.1) is 5.75 Å². The van der Waals surface area contributed by atoms with Gasteiger partial charge in [-0.25, -0.2) is 0 Å². The predicted octanol–water partition coefficient (Wildman–Crippen LogP) is 5.55. The molecule has 1 atom stereocenters. The van der Waals surface area contributed by atoms with Gasteiger partial charge in [0.2, 0.25) is 11.8 Å². The third-order valence-corrected chi connectivity index (χ3v) is 7.12. The van der Waals surface area contributed by atoms with Gasteiger partial charge in [-0.05, 0) is 54.7 Å². The molecule has 2 aromatic carbocycles. The quantitative estimate of drug-likeness (QED) is 0.706. The molecule has 2 aliphatic rings. The van der Waals surface area contributed by atoms with Crippen molar-refractivity contribution in [1.82, 2.24) is 0 Å². The number of nitrogens with zero attached hydrogens (tertiary/aromatic N) is 1. The summed E-state index contributed by atoms with van der Waals surface area (Å²) in [5.41, 5.74) is 4.10. The highest BCUT2D eigenvalue weighted by Gasteiger charge is 2.34. The molecule has 0 radical (unpaired) electrons. The number of thioether (sulfide) groups is 1. The Balaban J connectivity index is 1.48.